The molecular weight excluding hydrogens is 366 g/mol. The lowest BCUT2D eigenvalue weighted by molar-refractivity contribution is -0.676. The molecule has 3 aromatic carbocycles. The Balaban J connectivity index is 1.43. The van der Waals surface area contributed by atoms with Crippen LogP contribution in [0.4, 0.5) is 0 Å². The highest BCUT2D eigenvalue weighted by atomic mass is 16.5. The van der Waals surface area contributed by atoms with Crippen LogP contribution in [0.1, 0.15) is 21.5 Å². The van der Waals surface area contributed by atoms with Gasteiger partial charge in [-0.25, -0.2) is 0 Å². The van der Waals surface area contributed by atoms with Gasteiger partial charge in [-0.3, -0.25) is 4.79 Å². The zero-order chi connectivity index (χ0) is 20.5. The number of methoxy groups -OCH3 is 1. The predicted molar refractivity (Wildman–Crippen MR) is 111 cm³/mol. The van der Waals surface area contributed by atoms with E-state index in [1.807, 2.05) is 47.8 Å². The molecule has 29 heavy (non-hydrogen) atoms. The summed E-state index contributed by atoms with van der Waals surface area (Å²) in [6, 6.07) is 24.0. The Bertz CT molecular complexity index is 910. The number of quaternary nitrogens is 1. The summed E-state index contributed by atoms with van der Waals surface area (Å²) in [4.78, 5) is 12.4. The number of hydrogen-bond acceptors (Lipinski definition) is 4. The van der Waals surface area contributed by atoms with Crippen LogP contribution < -0.4 is 14.8 Å². The fourth-order valence-corrected chi connectivity index (χ4v) is 2.96. The van der Waals surface area contributed by atoms with E-state index in [0.29, 0.717) is 23.4 Å². The standard InChI is InChI=1S/C24H25NO4/c1-28-23-9-5-6-18(14-23)15-25-16-21(26)17-29-22-12-10-20(11-13-22)24(27)19-7-3-2-4-8-19/h2-14,21,25-26H,15-17H2,1H3/p+1/t21-/m1/s1. The van der Waals surface area contributed by atoms with Crippen molar-refractivity contribution in [2.45, 2.75) is 12.6 Å². The van der Waals surface area contributed by atoms with E-state index in [0.717, 1.165) is 17.9 Å². The molecule has 0 aliphatic rings. The maximum Gasteiger partial charge on any atom is 0.193 e. The topological polar surface area (TPSA) is 72.4 Å². The highest BCUT2D eigenvalue weighted by Gasteiger charge is 2.10. The van der Waals surface area contributed by atoms with Crippen molar-refractivity contribution >= 4 is 5.78 Å². The van der Waals surface area contributed by atoms with Crippen molar-refractivity contribution in [2.75, 3.05) is 20.3 Å². The molecule has 0 saturated heterocycles. The highest BCUT2D eigenvalue weighted by Crippen LogP contribution is 2.16. The van der Waals surface area contributed by atoms with E-state index < -0.39 is 6.10 Å². The Morgan fingerprint density at radius 1 is 0.931 bits per heavy atom. The average Bonchev–Trinajstić information content (AvgIpc) is 2.78. The van der Waals surface area contributed by atoms with Gasteiger partial charge in [0.2, 0.25) is 0 Å². The van der Waals surface area contributed by atoms with Crippen molar-refractivity contribution in [1.29, 1.82) is 0 Å². The number of nitrogens with two attached hydrogens (primary N) is 1. The monoisotopic (exact) mass is 392 g/mol. The molecule has 3 rings (SSSR count). The van der Waals surface area contributed by atoms with E-state index in [4.69, 9.17) is 9.47 Å². The molecule has 0 unspecified atom stereocenters. The molecule has 0 radical (unpaired) electrons. The Morgan fingerprint density at radius 2 is 1.66 bits per heavy atom. The number of benzene rings is 3. The summed E-state index contributed by atoms with van der Waals surface area (Å²) in [6.45, 7) is 1.48. The minimum Gasteiger partial charge on any atom is -0.497 e. The third-order valence-corrected chi connectivity index (χ3v) is 4.55. The molecule has 5 heteroatoms. The minimum atomic E-state index is -0.591. The smallest absolute Gasteiger partial charge is 0.193 e. The van der Waals surface area contributed by atoms with Crippen LogP contribution in [-0.2, 0) is 6.54 Å². The third-order valence-electron chi connectivity index (χ3n) is 4.55. The van der Waals surface area contributed by atoms with Gasteiger partial charge in [0.15, 0.2) is 5.78 Å². The molecule has 150 valence electrons. The maximum absolute atomic E-state index is 12.4. The molecule has 0 aliphatic heterocycles. The fraction of sp³-hybridized carbons (Fsp3) is 0.208. The zero-order valence-electron chi connectivity index (χ0n) is 16.5. The van der Waals surface area contributed by atoms with Crippen LogP contribution in [0.5, 0.6) is 11.5 Å². The van der Waals surface area contributed by atoms with E-state index in [9.17, 15) is 9.90 Å². The van der Waals surface area contributed by atoms with Gasteiger partial charge in [0.05, 0.1) is 7.11 Å². The molecule has 0 bridgehead atoms. The van der Waals surface area contributed by atoms with Crippen molar-refractivity contribution in [3.05, 3.63) is 95.6 Å². The highest BCUT2D eigenvalue weighted by molar-refractivity contribution is 6.08. The average molecular weight is 392 g/mol. The number of rotatable bonds is 10. The summed E-state index contributed by atoms with van der Waals surface area (Å²) < 4.78 is 10.9. The molecule has 0 spiro atoms. The van der Waals surface area contributed by atoms with Gasteiger partial charge in [0.25, 0.3) is 0 Å². The van der Waals surface area contributed by atoms with Gasteiger partial charge in [-0.15, -0.1) is 0 Å². The van der Waals surface area contributed by atoms with Crippen LogP contribution in [0, 0.1) is 0 Å². The lowest BCUT2D eigenvalue weighted by atomic mass is 10.0. The van der Waals surface area contributed by atoms with Gasteiger partial charge in [-0.1, -0.05) is 42.5 Å². The molecule has 0 aliphatic carbocycles. The minimum absolute atomic E-state index is 0.0238. The van der Waals surface area contributed by atoms with Crippen LogP contribution in [0.2, 0.25) is 0 Å². The van der Waals surface area contributed by atoms with Crippen molar-refractivity contribution in [3.8, 4) is 11.5 Å². The first-order chi connectivity index (χ1) is 14.2. The number of ketones is 1. The van der Waals surface area contributed by atoms with Crippen LogP contribution in [0.15, 0.2) is 78.9 Å². The summed E-state index contributed by atoms with van der Waals surface area (Å²) in [5.74, 6) is 1.43. The van der Waals surface area contributed by atoms with Gasteiger partial charge < -0.3 is 19.9 Å². The lowest BCUT2D eigenvalue weighted by Gasteiger charge is -2.12. The predicted octanol–water partition coefficient (Wildman–Crippen LogP) is 2.43. The number of carbonyl (C=O) groups excluding carboxylic acids is 1. The number of carbonyl (C=O) groups is 1. The Morgan fingerprint density at radius 3 is 2.38 bits per heavy atom. The second kappa shape index (κ2) is 10.4. The molecule has 3 N–H and O–H groups in total. The normalized spacial score (nSPS) is 11.7. The molecule has 0 saturated carbocycles. The molecule has 0 heterocycles. The molecule has 0 amide bonds. The molecular formula is C24H26NO4+. The van der Waals surface area contributed by atoms with Gasteiger partial charge in [-0.05, 0) is 36.4 Å². The Labute approximate surface area is 170 Å². The van der Waals surface area contributed by atoms with Crippen molar-refractivity contribution in [2.24, 2.45) is 0 Å². The van der Waals surface area contributed by atoms with Gasteiger partial charge in [0.1, 0.15) is 37.3 Å². The van der Waals surface area contributed by atoms with E-state index in [-0.39, 0.29) is 12.4 Å². The molecule has 5 nitrogen and oxygen atoms in total. The Hall–Kier alpha value is -3.15. The quantitative estimate of drug-likeness (QED) is 0.520. The van der Waals surface area contributed by atoms with Crippen LogP contribution >= 0.6 is 0 Å². The lowest BCUT2D eigenvalue weighted by Crippen LogP contribution is -2.85. The van der Waals surface area contributed by atoms with Crippen LogP contribution in [0.3, 0.4) is 0 Å². The van der Waals surface area contributed by atoms with Gasteiger partial charge in [-0.2, -0.15) is 0 Å². The number of aliphatic hydroxyl groups is 1. The summed E-state index contributed by atoms with van der Waals surface area (Å²) >= 11 is 0. The number of aliphatic hydroxyl groups excluding tert-OH is 1. The SMILES string of the molecule is COc1cccc(C[NH2+]C[C@@H](O)COc2ccc(C(=O)c3ccccc3)cc2)c1. The van der Waals surface area contributed by atoms with Gasteiger partial charge >= 0.3 is 0 Å². The first kappa shape index (κ1) is 20.6. The molecule has 0 aromatic heterocycles. The van der Waals surface area contributed by atoms with E-state index in [1.54, 1.807) is 43.5 Å². The summed E-state index contributed by atoms with van der Waals surface area (Å²) in [7, 11) is 1.65. The first-order valence-corrected chi connectivity index (χ1v) is 9.61. The van der Waals surface area contributed by atoms with Crippen molar-refractivity contribution in [3.63, 3.8) is 0 Å². The summed E-state index contributed by atoms with van der Waals surface area (Å²) in [5, 5.41) is 12.2. The third kappa shape index (κ3) is 6.17. The Kier molecular flexibility index (Phi) is 7.39. The largest absolute Gasteiger partial charge is 0.497 e. The zero-order valence-corrected chi connectivity index (χ0v) is 16.5. The van der Waals surface area contributed by atoms with E-state index in [2.05, 4.69) is 0 Å². The second-order valence-electron chi connectivity index (χ2n) is 6.76. The van der Waals surface area contributed by atoms with Gasteiger partial charge in [0, 0.05) is 16.7 Å². The number of ether oxygens (including phenoxy) is 2. The molecule has 0 fully saturated rings. The van der Waals surface area contributed by atoms with Crippen molar-refractivity contribution in [1.82, 2.24) is 0 Å². The van der Waals surface area contributed by atoms with Crippen LogP contribution in [0.25, 0.3) is 0 Å². The molecule has 1 atom stereocenters. The molecule has 3 aromatic rings. The van der Waals surface area contributed by atoms with E-state index in [1.165, 1.54) is 0 Å². The second-order valence-corrected chi connectivity index (χ2v) is 6.76. The van der Waals surface area contributed by atoms with Crippen molar-refractivity contribution < 1.29 is 24.7 Å². The van der Waals surface area contributed by atoms with Crippen LogP contribution in [-0.4, -0.2) is 37.3 Å². The fourth-order valence-electron chi connectivity index (χ4n) is 2.96. The maximum atomic E-state index is 12.4. The summed E-state index contributed by atoms with van der Waals surface area (Å²) in [6.07, 6.45) is -0.591. The summed E-state index contributed by atoms with van der Waals surface area (Å²) in [5.41, 5.74) is 2.40. The number of hydrogen-bond donors (Lipinski definition) is 2. The van der Waals surface area contributed by atoms with E-state index >= 15 is 0 Å². The first-order valence-electron chi connectivity index (χ1n) is 9.61.